The second kappa shape index (κ2) is 13.6. The van der Waals surface area contributed by atoms with Crippen molar-refractivity contribution in [1.82, 2.24) is 9.88 Å². The first-order chi connectivity index (χ1) is 19.4. The maximum Gasteiger partial charge on any atom is 0.252 e. The Labute approximate surface area is 236 Å². The number of nitrogens with zero attached hydrogens (tertiary/aromatic N) is 2. The van der Waals surface area contributed by atoms with Gasteiger partial charge in [-0.3, -0.25) is 4.90 Å². The molecular formula is C32H44F3N3O2. The highest BCUT2D eigenvalue weighted by molar-refractivity contribution is 5.54. The molecule has 3 aliphatic heterocycles. The summed E-state index contributed by atoms with van der Waals surface area (Å²) in [6.45, 7) is 4.06. The number of ether oxygens (including phenoxy) is 2. The van der Waals surface area contributed by atoms with Gasteiger partial charge in [0.2, 0.25) is 0 Å². The Bertz CT molecular complexity index is 1110. The second-order valence-electron chi connectivity index (χ2n) is 11.9. The Hall–Kier alpha value is -2.32. The predicted octanol–water partition coefficient (Wildman–Crippen LogP) is 6.82. The van der Waals surface area contributed by atoms with E-state index in [9.17, 15) is 4.39 Å². The highest BCUT2D eigenvalue weighted by atomic mass is 19.3. The third-order valence-corrected chi connectivity index (χ3v) is 9.04. The van der Waals surface area contributed by atoms with Gasteiger partial charge in [0.1, 0.15) is 17.4 Å². The van der Waals surface area contributed by atoms with Gasteiger partial charge in [0.05, 0.1) is 7.11 Å². The van der Waals surface area contributed by atoms with Gasteiger partial charge in [0.15, 0.2) is 0 Å². The zero-order valence-corrected chi connectivity index (χ0v) is 23.8. The number of benzene rings is 1. The number of hydrogen-bond donors (Lipinski definition) is 1. The molecule has 0 amide bonds. The van der Waals surface area contributed by atoms with Crippen LogP contribution >= 0.6 is 0 Å². The number of aromatic nitrogens is 1. The minimum absolute atomic E-state index is 0.109. The molecular weight excluding hydrogens is 515 g/mol. The van der Waals surface area contributed by atoms with Crippen LogP contribution in [0.5, 0.6) is 5.75 Å². The van der Waals surface area contributed by atoms with Crippen molar-refractivity contribution in [3.8, 4) is 5.75 Å². The summed E-state index contributed by atoms with van der Waals surface area (Å²) in [6.07, 6.45) is 8.27. The molecule has 1 aromatic carbocycles. The van der Waals surface area contributed by atoms with E-state index < -0.39 is 11.8 Å². The summed E-state index contributed by atoms with van der Waals surface area (Å²) in [7, 11) is 1.67. The number of unbranched alkanes of at least 4 members (excludes halogenated alkanes) is 1. The van der Waals surface area contributed by atoms with Gasteiger partial charge in [0, 0.05) is 62.5 Å². The molecule has 2 aromatic rings. The summed E-state index contributed by atoms with van der Waals surface area (Å²) in [4.78, 5) is 6.80. The van der Waals surface area contributed by atoms with Gasteiger partial charge in [0.25, 0.3) is 5.92 Å². The number of methoxy groups -OCH3 is 1. The van der Waals surface area contributed by atoms with Crippen LogP contribution in [0.2, 0.25) is 0 Å². The molecule has 3 aliphatic rings. The van der Waals surface area contributed by atoms with E-state index in [4.69, 9.17) is 14.5 Å². The first-order valence-corrected chi connectivity index (χ1v) is 15.2. The van der Waals surface area contributed by atoms with Crippen LogP contribution < -0.4 is 10.1 Å². The fraction of sp³-hybridized carbons (Fsp3) is 0.656. The van der Waals surface area contributed by atoms with E-state index in [2.05, 4.69) is 10.2 Å². The van der Waals surface area contributed by atoms with Crippen LogP contribution in [0.15, 0.2) is 24.3 Å². The zero-order valence-electron chi connectivity index (χ0n) is 23.8. The van der Waals surface area contributed by atoms with Crippen LogP contribution in [0.25, 0.3) is 0 Å². The van der Waals surface area contributed by atoms with Crippen molar-refractivity contribution in [2.45, 2.75) is 83.1 Å². The summed E-state index contributed by atoms with van der Waals surface area (Å²) in [5, 5.41) is 3.34. The highest BCUT2D eigenvalue weighted by Gasteiger charge is 2.42. The van der Waals surface area contributed by atoms with E-state index in [1.54, 1.807) is 13.2 Å². The number of halogens is 3. The van der Waals surface area contributed by atoms with Crippen LogP contribution in [-0.4, -0.2) is 55.8 Å². The van der Waals surface area contributed by atoms with Gasteiger partial charge in [-0.15, -0.1) is 0 Å². The van der Waals surface area contributed by atoms with Crippen LogP contribution in [0, 0.1) is 17.7 Å². The van der Waals surface area contributed by atoms with E-state index in [1.165, 1.54) is 6.07 Å². The molecule has 1 N–H and O–H groups in total. The monoisotopic (exact) mass is 559 g/mol. The lowest BCUT2D eigenvalue weighted by Gasteiger charge is -2.25. The maximum atomic E-state index is 15.2. The number of likely N-dealkylation sites (tertiary alicyclic amines) is 1. The number of alkyl halides is 2. The van der Waals surface area contributed by atoms with Crippen LogP contribution in [-0.2, 0) is 30.5 Å². The molecule has 0 aliphatic carbocycles. The summed E-state index contributed by atoms with van der Waals surface area (Å²) in [5.74, 6) is -1.25. The molecule has 0 radical (unpaired) electrons. The third kappa shape index (κ3) is 7.49. The van der Waals surface area contributed by atoms with Crippen LogP contribution in [0.1, 0.15) is 73.8 Å². The zero-order chi connectivity index (χ0) is 28.0. The van der Waals surface area contributed by atoms with E-state index in [0.717, 1.165) is 92.2 Å². The van der Waals surface area contributed by atoms with E-state index >= 15 is 8.78 Å². The summed E-state index contributed by atoms with van der Waals surface area (Å²) >= 11 is 0. The number of rotatable bonds is 12. The molecule has 0 spiro atoms. The molecule has 1 atom stereocenters. The van der Waals surface area contributed by atoms with E-state index in [-0.39, 0.29) is 12.2 Å². The van der Waals surface area contributed by atoms with Gasteiger partial charge in [-0.25, -0.2) is 18.2 Å². The first-order valence-electron chi connectivity index (χ1n) is 15.2. The number of nitrogens with one attached hydrogen (secondary N) is 1. The van der Waals surface area contributed by atoms with Crippen LogP contribution in [0.3, 0.4) is 0 Å². The summed E-state index contributed by atoms with van der Waals surface area (Å²) < 4.78 is 55.6. The van der Waals surface area contributed by atoms with Gasteiger partial charge in [-0.1, -0.05) is 6.07 Å². The lowest BCUT2D eigenvalue weighted by atomic mass is 9.91. The van der Waals surface area contributed by atoms with E-state index in [1.807, 2.05) is 12.1 Å². The third-order valence-electron chi connectivity index (χ3n) is 9.04. The number of anilines is 1. The van der Waals surface area contributed by atoms with Crippen molar-refractivity contribution < 1.29 is 22.6 Å². The van der Waals surface area contributed by atoms with Gasteiger partial charge < -0.3 is 14.8 Å². The minimum atomic E-state index is -2.70. The maximum absolute atomic E-state index is 15.2. The molecule has 2 fully saturated rings. The minimum Gasteiger partial charge on any atom is -0.496 e. The quantitative estimate of drug-likeness (QED) is 0.289. The highest BCUT2D eigenvalue weighted by Crippen LogP contribution is 2.38. The van der Waals surface area contributed by atoms with Crippen molar-refractivity contribution in [2.75, 3.05) is 45.3 Å². The van der Waals surface area contributed by atoms with Crippen molar-refractivity contribution in [3.63, 3.8) is 0 Å². The van der Waals surface area contributed by atoms with Crippen molar-refractivity contribution in [1.29, 1.82) is 0 Å². The normalized spacial score (nSPS) is 20.4. The summed E-state index contributed by atoms with van der Waals surface area (Å²) in [6, 6.07) is 6.97. The molecule has 40 heavy (non-hydrogen) atoms. The lowest BCUT2D eigenvalue weighted by Crippen LogP contribution is -2.31. The van der Waals surface area contributed by atoms with Crippen molar-refractivity contribution in [3.05, 3.63) is 52.5 Å². The average molecular weight is 560 g/mol. The molecule has 1 aromatic heterocycles. The summed E-state index contributed by atoms with van der Waals surface area (Å²) in [5.41, 5.74) is 4.09. The Morgan fingerprint density at radius 2 is 1.95 bits per heavy atom. The Morgan fingerprint density at radius 1 is 1.10 bits per heavy atom. The Morgan fingerprint density at radius 3 is 2.77 bits per heavy atom. The molecule has 8 heteroatoms. The van der Waals surface area contributed by atoms with Crippen LogP contribution in [0.4, 0.5) is 19.0 Å². The topological polar surface area (TPSA) is 46.6 Å². The lowest BCUT2D eigenvalue weighted by molar-refractivity contribution is -0.0630. The molecule has 0 bridgehead atoms. The molecule has 0 saturated carbocycles. The molecule has 5 nitrogen and oxygen atoms in total. The first kappa shape index (κ1) is 29.2. The molecule has 4 heterocycles. The molecule has 2 saturated heterocycles. The number of fused-ring (bicyclic) bond motifs is 1. The number of hydrogen-bond acceptors (Lipinski definition) is 5. The average Bonchev–Trinajstić information content (AvgIpc) is 3.45. The SMILES string of the molecule is COc1cc(CCCCC(F)(F)C2CCN(Cc3cc(F)ccc3CCC3CCOCC3)C2)nc2c1CCCN2. The Kier molecular flexibility index (Phi) is 9.89. The van der Waals surface area contributed by atoms with E-state index in [0.29, 0.717) is 51.2 Å². The largest absolute Gasteiger partial charge is 0.496 e. The second-order valence-corrected chi connectivity index (χ2v) is 11.9. The molecule has 220 valence electrons. The predicted molar refractivity (Wildman–Crippen MR) is 152 cm³/mol. The van der Waals surface area contributed by atoms with Gasteiger partial charge in [-0.2, -0.15) is 0 Å². The fourth-order valence-electron chi connectivity index (χ4n) is 6.58. The van der Waals surface area contributed by atoms with Gasteiger partial charge in [-0.05, 0) is 99.9 Å². The number of pyridine rings is 1. The molecule has 5 rings (SSSR count). The standard InChI is InChI=1S/C32H44F3N3O2/c1-39-30-20-28(37-31-29(30)6-4-15-36-31)5-2-3-14-32(34,35)26-11-16-38(22-26)21-25-19-27(33)10-9-24(25)8-7-23-12-17-40-18-13-23/h9-10,19-20,23,26H,2-8,11-18,21-22H2,1H3,(H,36,37). The van der Waals surface area contributed by atoms with Crippen molar-refractivity contribution >= 4 is 5.82 Å². The Balaban J connectivity index is 1.10. The fourth-order valence-corrected chi connectivity index (χ4v) is 6.58. The smallest absolute Gasteiger partial charge is 0.252 e. The van der Waals surface area contributed by atoms with Crippen molar-refractivity contribution in [2.24, 2.45) is 11.8 Å². The number of aryl methyl sites for hydroxylation is 2. The van der Waals surface area contributed by atoms with Gasteiger partial charge >= 0.3 is 0 Å². The molecule has 1 unspecified atom stereocenters.